The number of hydrogen-bond donors (Lipinski definition) is 8. The van der Waals surface area contributed by atoms with Gasteiger partial charge in [-0.2, -0.15) is 33.7 Å². The van der Waals surface area contributed by atoms with E-state index < -0.39 is 82.9 Å². The van der Waals surface area contributed by atoms with Gasteiger partial charge in [-0.1, -0.05) is 12.1 Å². The Morgan fingerprint density at radius 3 is 1.13 bits per heavy atom. The third kappa shape index (κ3) is 9.20. The van der Waals surface area contributed by atoms with Gasteiger partial charge in [-0.05, 0) is 82.6 Å². The minimum absolute atomic E-state index is 0. The number of nitrogens with zero attached hydrogens (tertiary/aromatic N) is 4. The van der Waals surface area contributed by atoms with Crippen LogP contribution < -0.4 is 20.9 Å². The van der Waals surface area contributed by atoms with Crippen LogP contribution in [0.1, 0.15) is 0 Å². The summed E-state index contributed by atoms with van der Waals surface area (Å²) in [5.74, 6) is -1.69. The topological polar surface area (TPSA) is 378 Å². The molecule has 0 atom stereocenters. The van der Waals surface area contributed by atoms with Crippen LogP contribution in [0.25, 0.3) is 32.7 Å². The zero-order chi connectivity index (χ0) is 44.3. The minimum Gasteiger partial charge on any atom is -0.505 e. The van der Waals surface area contributed by atoms with Crippen molar-refractivity contribution in [2.24, 2.45) is 20.5 Å². The first-order valence-electron chi connectivity index (χ1n) is 16.1. The fourth-order valence-electron chi connectivity index (χ4n) is 5.95. The second kappa shape index (κ2) is 16.5. The molecule has 0 aliphatic heterocycles. The second-order valence-corrected chi connectivity index (χ2v) is 18.1. The van der Waals surface area contributed by atoms with Gasteiger partial charge in [0.05, 0.1) is 24.0 Å². The third-order valence-electron chi connectivity index (χ3n) is 8.67. The molecule has 10 N–H and O–H groups in total. The number of azo groups is 2. The number of ether oxygens (including phenoxy) is 2. The van der Waals surface area contributed by atoms with Gasteiger partial charge in [0.25, 0.3) is 40.5 Å². The first-order valence-corrected chi connectivity index (χ1v) is 21.9. The molecule has 0 bridgehead atoms. The number of fused-ring (bicyclic) bond motifs is 2. The largest absolute Gasteiger partial charge is 0.505 e. The minimum atomic E-state index is -5.13. The van der Waals surface area contributed by atoms with Crippen LogP contribution in [0.4, 0.5) is 34.1 Å². The summed E-state index contributed by atoms with van der Waals surface area (Å²) in [6.07, 6.45) is 0. The molecule has 0 aliphatic rings. The molecule has 0 fully saturated rings. The number of aromatic hydroxyl groups is 2. The normalized spacial score (nSPS) is 12.6. The number of hydrogen-bond acceptors (Lipinski definition) is 18. The van der Waals surface area contributed by atoms with Gasteiger partial charge in [-0.3, -0.25) is 18.2 Å². The van der Waals surface area contributed by atoms with E-state index in [1.807, 2.05) is 0 Å². The van der Waals surface area contributed by atoms with Crippen LogP contribution >= 0.6 is 0 Å². The van der Waals surface area contributed by atoms with E-state index in [9.17, 15) is 62.1 Å². The van der Waals surface area contributed by atoms with Crippen molar-refractivity contribution >= 4 is 96.1 Å². The molecule has 325 valence electrons. The molecule has 0 aliphatic carbocycles. The molecule has 0 saturated carbocycles. The standard InChI is InChI=1S/C34H28N6O16S4.Cu/c1-55-25-9-15(3-5-23(25)37-39-31-27(59(49,50)51)11-17-7-19(57(43,44)45)13-21(35)29(17)33(31)41)16-4-6-24(26(10-16)56-2)38-40-32-28(60(52,53)54)12-18-8-20(58(46,47)48)14-22(36)30(18)34(32)42;/h3-14,41-42H,35-36H2,1-2H3,(H,43,44,45)(H,46,47,48)(H,49,50,51)(H,52,53,54);/b39-37+,40-38+;. The van der Waals surface area contributed by atoms with Crippen LogP contribution in [0, 0.1) is 0 Å². The fourth-order valence-corrected chi connectivity index (χ4v) is 8.37. The first kappa shape index (κ1) is 46.1. The zero-order valence-electron chi connectivity index (χ0n) is 30.6. The molecular formula is C34H28CuN6O16S4. The zero-order valence-corrected chi connectivity index (χ0v) is 34.8. The number of methoxy groups -OCH3 is 2. The number of phenols is 2. The summed E-state index contributed by atoms with van der Waals surface area (Å²) < 4.78 is 146. The molecule has 0 unspecified atom stereocenters. The van der Waals surface area contributed by atoms with E-state index in [2.05, 4.69) is 20.5 Å². The number of nitrogens with two attached hydrogens (primary N) is 2. The van der Waals surface area contributed by atoms with Gasteiger partial charge in [0.15, 0.2) is 11.5 Å². The first-order chi connectivity index (χ1) is 27.8. The second-order valence-electron chi connectivity index (χ2n) is 12.4. The van der Waals surface area contributed by atoms with Crippen LogP contribution in [0.2, 0.25) is 0 Å². The predicted molar refractivity (Wildman–Crippen MR) is 213 cm³/mol. The number of rotatable bonds is 11. The van der Waals surface area contributed by atoms with Crippen molar-refractivity contribution in [3.05, 3.63) is 72.8 Å². The van der Waals surface area contributed by atoms with Gasteiger partial charge in [-0.15, -0.1) is 20.5 Å². The van der Waals surface area contributed by atoms with E-state index in [-0.39, 0.29) is 72.9 Å². The molecule has 0 amide bonds. The maximum Gasteiger partial charge on any atom is 0.296 e. The van der Waals surface area contributed by atoms with E-state index in [1.165, 1.54) is 50.6 Å². The Labute approximate surface area is 355 Å². The van der Waals surface area contributed by atoms with Crippen LogP contribution in [-0.2, 0) is 57.5 Å². The Hall–Kier alpha value is -6.00. The molecule has 6 aromatic carbocycles. The van der Waals surface area contributed by atoms with Crippen molar-refractivity contribution in [2.75, 3.05) is 25.7 Å². The molecule has 27 heteroatoms. The van der Waals surface area contributed by atoms with Gasteiger partial charge in [0.1, 0.15) is 44.0 Å². The molecule has 0 saturated heterocycles. The summed E-state index contributed by atoms with van der Waals surface area (Å²) in [5, 5.41) is 36.6. The summed E-state index contributed by atoms with van der Waals surface area (Å²) in [6, 6.07) is 13.6. The molecule has 22 nitrogen and oxygen atoms in total. The maximum absolute atomic E-state index is 12.3. The number of anilines is 2. The number of benzene rings is 6. The van der Waals surface area contributed by atoms with Crippen LogP contribution in [0.3, 0.4) is 0 Å². The quantitative estimate of drug-likeness (QED) is 0.0316. The van der Waals surface area contributed by atoms with E-state index in [0.29, 0.717) is 11.1 Å². The van der Waals surface area contributed by atoms with E-state index in [4.69, 9.17) is 20.9 Å². The summed E-state index contributed by atoms with van der Waals surface area (Å²) in [4.78, 5) is -3.39. The monoisotopic (exact) mass is 967 g/mol. The molecule has 6 rings (SSSR count). The SMILES string of the molecule is COc1cc(-c2ccc(/N=N/c3c(S(=O)(=O)O)cc4cc(S(=O)(=O)O)cc(N)c4c3O)c(OC)c2)ccc1/N=N/c1c(S(=O)(=O)O)cc2cc(S(=O)(=O)O)cc(N)c2c1O.[Cu]. The summed E-state index contributed by atoms with van der Waals surface area (Å²) in [6.45, 7) is 0. The van der Waals surface area contributed by atoms with Gasteiger partial charge in [0, 0.05) is 39.2 Å². The average Bonchev–Trinajstić information content (AvgIpc) is 3.14. The van der Waals surface area contributed by atoms with Crippen molar-refractivity contribution in [3.8, 4) is 34.1 Å². The molecule has 6 aromatic rings. The van der Waals surface area contributed by atoms with Crippen LogP contribution in [-0.4, -0.2) is 76.3 Å². The van der Waals surface area contributed by atoms with E-state index in [0.717, 1.165) is 36.4 Å². The fraction of sp³-hybridized carbons (Fsp3) is 0.0588. The molecule has 0 spiro atoms. The Morgan fingerprint density at radius 2 is 0.836 bits per heavy atom. The van der Waals surface area contributed by atoms with Gasteiger partial charge >= 0.3 is 0 Å². The molecule has 0 heterocycles. The predicted octanol–water partition coefficient (Wildman–Crippen LogP) is 6.07. The van der Waals surface area contributed by atoms with Gasteiger partial charge in [0.2, 0.25) is 0 Å². The summed E-state index contributed by atoms with van der Waals surface area (Å²) in [7, 11) is -17.3. The molecular weight excluding hydrogens is 940 g/mol. The maximum atomic E-state index is 12.3. The van der Waals surface area contributed by atoms with Crippen molar-refractivity contribution in [3.63, 3.8) is 0 Å². The van der Waals surface area contributed by atoms with Gasteiger partial charge < -0.3 is 31.2 Å². The Kier molecular flexibility index (Phi) is 12.4. The number of nitrogen functional groups attached to an aromatic ring is 2. The van der Waals surface area contributed by atoms with Crippen molar-refractivity contribution in [2.45, 2.75) is 19.6 Å². The molecule has 61 heavy (non-hydrogen) atoms. The Balaban J connectivity index is 0.00000704. The van der Waals surface area contributed by atoms with Crippen molar-refractivity contribution < 1.29 is 88.6 Å². The summed E-state index contributed by atoms with van der Waals surface area (Å²) >= 11 is 0. The molecule has 0 aromatic heterocycles. The number of phenolic OH excluding ortho intramolecular Hbond substituents is 2. The third-order valence-corrected chi connectivity index (χ3v) is 12.1. The van der Waals surface area contributed by atoms with Crippen LogP contribution in [0.15, 0.2) is 113 Å². The molecule has 1 radical (unpaired) electrons. The van der Waals surface area contributed by atoms with E-state index in [1.54, 1.807) is 0 Å². The van der Waals surface area contributed by atoms with Crippen molar-refractivity contribution in [1.82, 2.24) is 0 Å². The average molecular weight is 968 g/mol. The summed E-state index contributed by atoms with van der Waals surface area (Å²) in [5.41, 5.74) is 10.4. The Bertz CT molecular complexity index is 3130. The Morgan fingerprint density at radius 1 is 0.492 bits per heavy atom. The van der Waals surface area contributed by atoms with Gasteiger partial charge in [-0.25, -0.2) is 0 Å². The van der Waals surface area contributed by atoms with E-state index >= 15 is 0 Å². The van der Waals surface area contributed by atoms with Crippen LogP contribution in [0.5, 0.6) is 23.0 Å². The van der Waals surface area contributed by atoms with Crippen molar-refractivity contribution in [1.29, 1.82) is 0 Å². The smallest absolute Gasteiger partial charge is 0.296 e.